The van der Waals surface area contributed by atoms with E-state index < -0.39 is 11.8 Å². The Hall–Kier alpha value is -4.02. The van der Waals surface area contributed by atoms with Gasteiger partial charge in [0.25, 0.3) is 0 Å². The first-order valence-corrected chi connectivity index (χ1v) is 13.4. The van der Waals surface area contributed by atoms with Gasteiger partial charge in [-0.1, -0.05) is 42.5 Å². The molecule has 5 aromatic rings. The molecule has 0 saturated carbocycles. The van der Waals surface area contributed by atoms with Gasteiger partial charge in [0.05, 0.1) is 31.9 Å². The fraction of sp³-hybridized carbons (Fsp3) is 0.125. The van der Waals surface area contributed by atoms with Gasteiger partial charge in [0, 0.05) is 23.1 Å². The molecular formula is C32H25N2NaO6S. The molecule has 5 rings (SSSR count). The number of carboxylic acid groups (broad SMARTS) is 1. The van der Waals surface area contributed by atoms with E-state index in [0.29, 0.717) is 51.6 Å². The monoisotopic (exact) mass is 588 g/mol. The van der Waals surface area contributed by atoms with Crippen LogP contribution in [0, 0.1) is 0 Å². The Morgan fingerprint density at radius 1 is 0.762 bits per heavy atom. The molecule has 0 spiro atoms. The summed E-state index contributed by atoms with van der Waals surface area (Å²) in [5.74, 6) is -0.371. The van der Waals surface area contributed by atoms with E-state index in [1.165, 1.54) is 14.2 Å². The van der Waals surface area contributed by atoms with Crippen molar-refractivity contribution in [3.63, 3.8) is 0 Å². The maximum absolute atomic E-state index is 14.0. The predicted octanol–water partition coefficient (Wildman–Crippen LogP) is 1.92. The molecule has 10 heteroatoms. The molecule has 8 nitrogen and oxygen atoms in total. The number of carbonyl (C=O) groups excluding carboxylic acids is 2. The van der Waals surface area contributed by atoms with Crippen LogP contribution in [0.25, 0.3) is 16.6 Å². The first-order chi connectivity index (χ1) is 20.0. The molecule has 0 fully saturated rings. The van der Waals surface area contributed by atoms with E-state index in [-0.39, 0.29) is 47.1 Å². The largest absolute Gasteiger partial charge is 1.00 e. The van der Waals surface area contributed by atoms with Gasteiger partial charge in [-0.3, -0.25) is 4.79 Å². The van der Waals surface area contributed by atoms with E-state index in [9.17, 15) is 14.7 Å². The summed E-state index contributed by atoms with van der Waals surface area (Å²) in [7, 11) is 3.03. The van der Waals surface area contributed by atoms with Crippen molar-refractivity contribution >= 4 is 40.1 Å². The van der Waals surface area contributed by atoms with Crippen LogP contribution in [0.2, 0.25) is 0 Å². The van der Waals surface area contributed by atoms with Gasteiger partial charge in [-0.25, -0.2) is 0 Å². The van der Waals surface area contributed by atoms with Crippen LogP contribution in [-0.2, 0) is 17.8 Å². The molecule has 0 amide bonds. The second-order valence-corrected chi connectivity index (χ2v) is 9.63. The summed E-state index contributed by atoms with van der Waals surface area (Å²) in [6.07, 6.45) is 0.00210. The van der Waals surface area contributed by atoms with Crippen molar-refractivity contribution in [1.82, 2.24) is 8.75 Å². The minimum absolute atomic E-state index is 0. The molecule has 0 aliphatic carbocycles. The normalized spacial score (nSPS) is 11.3. The molecule has 0 N–H and O–H groups in total. The molecule has 0 radical (unpaired) electrons. The molecule has 0 aliphatic heterocycles. The molecular weight excluding hydrogens is 563 g/mol. The number of aromatic nitrogens is 2. The third-order valence-corrected chi connectivity index (χ3v) is 7.07. The average molecular weight is 589 g/mol. The first kappa shape index (κ1) is 30.9. The number of rotatable bonds is 11. The van der Waals surface area contributed by atoms with E-state index in [0.717, 1.165) is 17.3 Å². The number of hydrogen-bond acceptors (Lipinski definition) is 9. The number of ketones is 1. The van der Waals surface area contributed by atoms with Gasteiger partial charge in [-0.05, 0) is 65.2 Å². The minimum Gasteiger partial charge on any atom is -0.545 e. The summed E-state index contributed by atoms with van der Waals surface area (Å²) < 4.78 is 25.0. The number of benzene rings is 4. The number of aliphatic carboxylic acids is 1. The molecule has 1 heterocycles. The second kappa shape index (κ2) is 14.2. The first-order valence-electron chi connectivity index (χ1n) is 12.7. The summed E-state index contributed by atoms with van der Waals surface area (Å²) in [4.78, 5) is 26.6. The van der Waals surface area contributed by atoms with Crippen LogP contribution in [0.5, 0.6) is 17.2 Å². The van der Waals surface area contributed by atoms with Crippen LogP contribution in [-0.4, -0.2) is 34.7 Å². The fourth-order valence-electron chi connectivity index (χ4n) is 4.45. The van der Waals surface area contributed by atoms with Gasteiger partial charge in [-0.15, -0.1) is 0 Å². The number of fused-ring (bicyclic) bond motifs is 1. The van der Waals surface area contributed by atoms with Crippen molar-refractivity contribution in [2.75, 3.05) is 14.2 Å². The van der Waals surface area contributed by atoms with Crippen molar-refractivity contribution in [2.45, 2.75) is 13.0 Å². The van der Waals surface area contributed by atoms with E-state index in [1.54, 1.807) is 60.7 Å². The number of Topliss-reactive ketones (excluding diaryl/α,β-unsaturated/α-hetero) is 1. The zero-order valence-corrected chi connectivity index (χ0v) is 26.1. The predicted molar refractivity (Wildman–Crippen MR) is 154 cm³/mol. The topological polar surface area (TPSA) is 111 Å². The van der Waals surface area contributed by atoms with Crippen molar-refractivity contribution in [3.05, 3.63) is 119 Å². The number of carbonyl (C=O) groups is 2. The Balaban J connectivity index is 0.00000405. The molecule has 1 aromatic heterocycles. The van der Waals surface area contributed by atoms with E-state index in [1.807, 2.05) is 30.3 Å². The summed E-state index contributed by atoms with van der Waals surface area (Å²) in [5.41, 5.74) is 3.28. The molecule has 0 aliphatic rings. The van der Waals surface area contributed by atoms with Crippen LogP contribution in [0.15, 0.2) is 96.6 Å². The summed E-state index contributed by atoms with van der Waals surface area (Å²) in [5, 5.41) is 12.6. The van der Waals surface area contributed by atoms with Crippen molar-refractivity contribution in [1.29, 1.82) is 0 Å². The SMILES string of the molecule is COc1ccc(C/C(C(=O)c2ccc(OCc3ccccc3)cc2)=C(\C(=O)[O-])c2ccc3nsnc3c2)cc1OC.[Na+]. The number of nitrogens with zero attached hydrogens (tertiary/aromatic N) is 2. The third-order valence-electron chi connectivity index (χ3n) is 6.52. The van der Waals surface area contributed by atoms with Gasteiger partial charge in [0.2, 0.25) is 0 Å². The zero-order valence-electron chi connectivity index (χ0n) is 23.3. The minimum atomic E-state index is -1.47. The Labute approximate surface area is 269 Å². The smallest absolute Gasteiger partial charge is 0.545 e. The Morgan fingerprint density at radius 2 is 1.45 bits per heavy atom. The maximum atomic E-state index is 14.0. The number of allylic oxidation sites excluding steroid dienone is 1. The van der Waals surface area contributed by atoms with Crippen molar-refractivity contribution in [3.8, 4) is 17.2 Å². The van der Waals surface area contributed by atoms with Gasteiger partial charge in [0.1, 0.15) is 23.4 Å². The number of ether oxygens (including phenoxy) is 3. The Kier molecular flexibility index (Phi) is 10.5. The van der Waals surface area contributed by atoms with E-state index >= 15 is 0 Å². The third kappa shape index (κ3) is 7.06. The molecule has 0 unspecified atom stereocenters. The summed E-state index contributed by atoms with van der Waals surface area (Å²) in [6, 6.07) is 26.4. The van der Waals surface area contributed by atoms with Crippen LogP contribution < -0.4 is 48.9 Å². The molecule has 0 bridgehead atoms. The number of hydrogen-bond donors (Lipinski definition) is 0. The molecule has 42 heavy (non-hydrogen) atoms. The van der Waals surface area contributed by atoms with Gasteiger partial charge in [-0.2, -0.15) is 8.75 Å². The number of carboxylic acids is 1. The Bertz CT molecular complexity index is 1740. The van der Waals surface area contributed by atoms with Crippen LogP contribution >= 0.6 is 11.7 Å². The van der Waals surface area contributed by atoms with Gasteiger partial charge < -0.3 is 24.1 Å². The summed E-state index contributed by atoms with van der Waals surface area (Å²) >= 11 is 1.02. The van der Waals surface area contributed by atoms with Crippen LogP contribution in [0.3, 0.4) is 0 Å². The van der Waals surface area contributed by atoms with Gasteiger partial charge >= 0.3 is 29.6 Å². The van der Waals surface area contributed by atoms with Crippen LogP contribution in [0.1, 0.15) is 27.0 Å². The van der Waals surface area contributed by atoms with Crippen molar-refractivity contribution < 1.29 is 58.5 Å². The molecule has 206 valence electrons. The Morgan fingerprint density at radius 3 is 2.14 bits per heavy atom. The van der Waals surface area contributed by atoms with Crippen LogP contribution in [0.4, 0.5) is 0 Å². The van der Waals surface area contributed by atoms with E-state index in [4.69, 9.17) is 14.2 Å². The maximum Gasteiger partial charge on any atom is 1.00 e. The second-order valence-electron chi connectivity index (χ2n) is 9.10. The summed E-state index contributed by atoms with van der Waals surface area (Å²) in [6.45, 7) is 0.376. The standard InChI is InChI=1S/C32H26N2O6S.Na/c1-38-28-15-8-21(17-29(28)39-2)16-25(30(32(36)37)23-11-14-26-27(18-23)34-41-33-26)31(35)22-9-12-24(13-10-22)40-19-20-6-4-3-5-7-20;/h3-15,17-18H,16,19H2,1-2H3,(H,36,37);/q;+1/p-1/b30-25+;. The number of methoxy groups -OCH3 is 2. The zero-order chi connectivity index (χ0) is 28.8. The fourth-order valence-corrected chi connectivity index (χ4v) is 4.96. The molecule has 0 atom stereocenters. The molecule has 4 aromatic carbocycles. The quantitative estimate of drug-likeness (QED) is 0.131. The molecule has 0 saturated heterocycles. The van der Waals surface area contributed by atoms with Crippen molar-refractivity contribution in [2.24, 2.45) is 0 Å². The van der Waals surface area contributed by atoms with E-state index in [2.05, 4.69) is 8.75 Å². The van der Waals surface area contributed by atoms with Gasteiger partial charge in [0.15, 0.2) is 17.3 Å². The average Bonchev–Trinajstić information content (AvgIpc) is 3.48.